The summed E-state index contributed by atoms with van der Waals surface area (Å²) in [5.41, 5.74) is -0.527. The van der Waals surface area contributed by atoms with Crippen molar-refractivity contribution in [2.75, 3.05) is 19.8 Å². The highest BCUT2D eigenvalue weighted by atomic mass is 16.5. The van der Waals surface area contributed by atoms with Gasteiger partial charge in [0, 0.05) is 13.2 Å². The van der Waals surface area contributed by atoms with E-state index in [-0.39, 0.29) is 17.4 Å². The zero-order chi connectivity index (χ0) is 9.95. The van der Waals surface area contributed by atoms with Crippen molar-refractivity contribution in [2.24, 2.45) is 10.8 Å². The monoisotopic (exact) mass is 186 g/mol. The number of ether oxygens (including phenoxy) is 1. The van der Waals surface area contributed by atoms with Gasteiger partial charge in [0.25, 0.3) is 0 Å². The van der Waals surface area contributed by atoms with Crippen LogP contribution in [0.3, 0.4) is 0 Å². The van der Waals surface area contributed by atoms with E-state index < -0.39 is 0 Å². The van der Waals surface area contributed by atoms with E-state index in [1.807, 2.05) is 13.8 Å². The highest BCUT2D eigenvalue weighted by molar-refractivity contribution is 5.60. The molecule has 1 atom stereocenters. The highest BCUT2D eigenvalue weighted by Gasteiger charge is 2.39. The van der Waals surface area contributed by atoms with Gasteiger partial charge in [0.2, 0.25) is 0 Å². The van der Waals surface area contributed by atoms with Gasteiger partial charge in [-0.2, -0.15) is 0 Å². The number of carbonyl (C=O) groups excluding carboxylic acids is 1. The van der Waals surface area contributed by atoms with Gasteiger partial charge in [0.1, 0.15) is 6.29 Å². The van der Waals surface area contributed by atoms with Gasteiger partial charge >= 0.3 is 0 Å². The van der Waals surface area contributed by atoms with E-state index in [0.717, 1.165) is 12.7 Å². The van der Waals surface area contributed by atoms with Crippen molar-refractivity contribution in [1.29, 1.82) is 0 Å². The zero-order valence-electron chi connectivity index (χ0n) is 8.38. The van der Waals surface area contributed by atoms with Crippen LogP contribution >= 0.6 is 0 Å². The zero-order valence-corrected chi connectivity index (χ0v) is 8.38. The normalized spacial score (nSPS) is 29.2. The Morgan fingerprint density at radius 1 is 1.62 bits per heavy atom. The number of aliphatic hydroxyl groups excluding tert-OH is 1. The molecule has 1 heterocycles. The van der Waals surface area contributed by atoms with Gasteiger partial charge in [-0.25, -0.2) is 0 Å². The maximum absolute atomic E-state index is 11.0. The molecule has 0 aromatic heterocycles. The van der Waals surface area contributed by atoms with Crippen LogP contribution in [0.1, 0.15) is 26.7 Å². The third-order valence-corrected chi connectivity index (χ3v) is 2.64. The summed E-state index contributed by atoms with van der Waals surface area (Å²) in [5, 5.41) is 9.11. The molecule has 0 radical (unpaired) electrons. The second-order valence-corrected chi connectivity index (χ2v) is 4.78. The lowest BCUT2D eigenvalue weighted by Crippen LogP contribution is -2.32. The molecule has 0 aromatic rings. The Balaban J connectivity index is 2.63. The van der Waals surface area contributed by atoms with Crippen molar-refractivity contribution < 1.29 is 14.6 Å². The van der Waals surface area contributed by atoms with Crippen LogP contribution in [0.4, 0.5) is 0 Å². The van der Waals surface area contributed by atoms with Gasteiger partial charge in [0.15, 0.2) is 0 Å². The van der Waals surface area contributed by atoms with Crippen LogP contribution in [0.15, 0.2) is 0 Å². The maximum Gasteiger partial charge on any atom is 0.128 e. The molecule has 1 aliphatic rings. The topological polar surface area (TPSA) is 46.5 Å². The average Bonchev–Trinajstić information content (AvgIpc) is 2.53. The predicted molar refractivity (Wildman–Crippen MR) is 49.4 cm³/mol. The van der Waals surface area contributed by atoms with Crippen LogP contribution < -0.4 is 0 Å². The van der Waals surface area contributed by atoms with E-state index in [9.17, 15) is 4.79 Å². The summed E-state index contributed by atoms with van der Waals surface area (Å²) in [4.78, 5) is 11.0. The number of hydrogen-bond acceptors (Lipinski definition) is 3. The van der Waals surface area contributed by atoms with Gasteiger partial charge in [-0.15, -0.1) is 0 Å². The smallest absolute Gasteiger partial charge is 0.128 e. The second kappa shape index (κ2) is 3.76. The molecule has 13 heavy (non-hydrogen) atoms. The van der Waals surface area contributed by atoms with Crippen LogP contribution in [0.25, 0.3) is 0 Å². The molecule has 1 N–H and O–H groups in total. The molecule has 0 bridgehead atoms. The fraction of sp³-hybridized carbons (Fsp3) is 0.900. The SMILES string of the molecule is CC(C)(CO)CC1(C=O)CCOC1. The Hall–Kier alpha value is -0.410. The minimum absolute atomic E-state index is 0.114. The van der Waals surface area contributed by atoms with Gasteiger partial charge in [0.05, 0.1) is 12.0 Å². The largest absolute Gasteiger partial charge is 0.396 e. The molecule has 0 spiro atoms. The highest BCUT2D eigenvalue weighted by Crippen LogP contribution is 2.38. The molecule has 0 aliphatic carbocycles. The lowest BCUT2D eigenvalue weighted by atomic mass is 9.73. The van der Waals surface area contributed by atoms with Crippen LogP contribution in [-0.4, -0.2) is 31.2 Å². The summed E-state index contributed by atoms with van der Waals surface area (Å²) < 4.78 is 5.23. The summed E-state index contributed by atoms with van der Waals surface area (Å²) in [5.74, 6) is 0. The lowest BCUT2D eigenvalue weighted by molar-refractivity contribution is -0.118. The average molecular weight is 186 g/mol. The predicted octanol–water partition coefficient (Wildman–Crippen LogP) is 1.00. The van der Waals surface area contributed by atoms with Crippen molar-refractivity contribution in [3.8, 4) is 0 Å². The number of rotatable bonds is 4. The first-order chi connectivity index (χ1) is 6.04. The van der Waals surface area contributed by atoms with Crippen molar-refractivity contribution in [2.45, 2.75) is 26.7 Å². The Morgan fingerprint density at radius 2 is 2.31 bits per heavy atom. The molecule has 0 aromatic carbocycles. The molecule has 3 heteroatoms. The molecular weight excluding hydrogens is 168 g/mol. The summed E-state index contributed by atoms with van der Waals surface area (Å²) in [6.45, 7) is 5.23. The standard InChI is InChI=1S/C10H18O3/c1-9(2,6-11)5-10(7-12)3-4-13-8-10/h7,11H,3-6,8H2,1-2H3. The number of carbonyl (C=O) groups is 1. The number of hydrogen-bond donors (Lipinski definition) is 1. The second-order valence-electron chi connectivity index (χ2n) is 4.78. The Morgan fingerprint density at radius 3 is 2.69 bits per heavy atom. The molecule has 1 unspecified atom stereocenters. The first-order valence-electron chi connectivity index (χ1n) is 4.69. The fourth-order valence-electron chi connectivity index (χ4n) is 1.91. The minimum atomic E-state index is -0.341. The van der Waals surface area contributed by atoms with E-state index in [2.05, 4.69) is 0 Å². The summed E-state index contributed by atoms with van der Waals surface area (Å²) >= 11 is 0. The van der Waals surface area contributed by atoms with E-state index in [1.54, 1.807) is 0 Å². The van der Waals surface area contributed by atoms with Crippen molar-refractivity contribution in [3.63, 3.8) is 0 Å². The van der Waals surface area contributed by atoms with Crippen molar-refractivity contribution >= 4 is 6.29 Å². The van der Waals surface area contributed by atoms with E-state index >= 15 is 0 Å². The van der Waals surface area contributed by atoms with Crippen LogP contribution in [0.2, 0.25) is 0 Å². The number of aldehydes is 1. The summed E-state index contributed by atoms with van der Waals surface area (Å²) in [6, 6.07) is 0. The van der Waals surface area contributed by atoms with E-state index in [1.165, 1.54) is 0 Å². The lowest BCUT2D eigenvalue weighted by Gasteiger charge is -2.30. The maximum atomic E-state index is 11.0. The van der Waals surface area contributed by atoms with Crippen LogP contribution in [0, 0.1) is 10.8 Å². The summed E-state index contributed by atoms with van der Waals surface area (Å²) in [7, 11) is 0. The molecule has 1 saturated heterocycles. The molecule has 3 nitrogen and oxygen atoms in total. The first-order valence-corrected chi connectivity index (χ1v) is 4.69. The van der Waals surface area contributed by atoms with Gasteiger partial charge in [-0.05, 0) is 18.3 Å². The molecule has 1 fully saturated rings. The van der Waals surface area contributed by atoms with E-state index in [4.69, 9.17) is 9.84 Å². The molecular formula is C10H18O3. The fourth-order valence-corrected chi connectivity index (χ4v) is 1.91. The van der Waals surface area contributed by atoms with Crippen molar-refractivity contribution in [3.05, 3.63) is 0 Å². The molecule has 1 rings (SSSR count). The third kappa shape index (κ3) is 2.51. The van der Waals surface area contributed by atoms with Crippen LogP contribution in [0.5, 0.6) is 0 Å². The Labute approximate surface area is 79.1 Å². The Kier molecular flexibility index (Phi) is 3.09. The third-order valence-electron chi connectivity index (χ3n) is 2.64. The van der Waals surface area contributed by atoms with Gasteiger partial charge in [-0.1, -0.05) is 13.8 Å². The van der Waals surface area contributed by atoms with Gasteiger partial charge < -0.3 is 14.6 Å². The number of aliphatic hydroxyl groups is 1. The molecule has 0 amide bonds. The molecule has 1 aliphatic heterocycles. The van der Waals surface area contributed by atoms with Crippen LogP contribution in [-0.2, 0) is 9.53 Å². The Bertz CT molecular complexity index is 181. The molecule has 0 saturated carbocycles. The van der Waals surface area contributed by atoms with Crippen molar-refractivity contribution in [1.82, 2.24) is 0 Å². The molecule has 76 valence electrons. The minimum Gasteiger partial charge on any atom is -0.396 e. The quantitative estimate of drug-likeness (QED) is 0.666. The van der Waals surface area contributed by atoms with E-state index in [0.29, 0.717) is 19.6 Å². The van der Waals surface area contributed by atoms with Gasteiger partial charge in [-0.3, -0.25) is 0 Å². The first kappa shape index (κ1) is 10.7. The summed E-state index contributed by atoms with van der Waals surface area (Å²) in [6.07, 6.45) is 2.50.